The first-order valence-electron chi connectivity index (χ1n) is 7.28. The summed E-state index contributed by atoms with van der Waals surface area (Å²) in [5.74, 6) is 0. The van der Waals surface area contributed by atoms with Crippen LogP contribution in [0.4, 0.5) is 5.69 Å². The molecule has 0 bridgehead atoms. The molecule has 1 aromatic carbocycles. The van der Waals surface area contributed by atoms with E-state index in [1.807, 2.05) is 26.8 Å². The second-order valence-electron chi connectivity index (χ2n) is 5.81. The minimum Gasteiger partial charge on any atom is -0.279 e. The Morgan fingerprint density at radius 2 is 1.71 bits per heavy atom. The summed E-state index contributed by atoms with van der Waals surface area (Å²) < 4.78 is 29.3. The minimum absolute atomic E-state index is 0.193. The number of nitrogens with zero attached hydrogens (tertiary/aromatic N) is 2. The highest BCUT2D eigenvalue weighted by atomic mass is 32.2. The maximum atomic E-state index is 12.8. The van der Waals surface area contributed by atoms with E-state index in [0.29, 0.717) is 10.6 Å². The number of benzene rings is 1. The molecule has 0 fully saturated rings. The molecule has 24 heavy (non-hydrogen) atoms. The monoisotopic (exact) mass is 363 g/mol. The molecule has 8 heteroatoms. The van der Waals surface area contributed by atoms with Gasteiger partial charge in [-0.05, 0) is 51.0 Å². The highest BCUT2D eigenvalue weighted by Gasteiger charge is 2.24. The van der Waals surface area contributed by atoms with Gasteiger partial charge in [0.2, 0.25) is 0 Å². The fourth-order valence-corrected chi connectivity index (χ4v) is 4.84. The van der Waals surface area contributed by atoms with Gasteiger partial charge in [0, 0.05) is 16.8 Å². The molecular weight excluding hydrogens is 346 g/mol. The van der Waals surface area contributed by atoms with Crippen LogP contribution < -0.4 is 10.3 Å². The summed E-state index contributed by atoms with van der Waals surface area (Å²) in [5, 5.41) is 0. The van der Waals surface area contributed by atoms with E-state index in [2.05, 4.69) is 9.71 Å². The molecule has 0 amide bonds. The third-order valence-electron chi connectivity index (χ3n) is 3.52. The summed E-state index contributed by atoms with van der Waals surface area (Å²) in [7, 11) is -4.03. The number of rotatable bonds is 3. The van der Waals surface area contributed by atoms with Gasteiger partial charge in [-0.1, -0.05) is 6.07 Å². The fraction of sp³-hybridized carbons (Fsp3) is 0.250. The normalized spacial score (nSPS) is 11.8. The number of anilines is 1. The zero-order valence-corrected chi connectivity index (χ0v) is 15.4. The van der Waals surface area contributed by atoms with Crippen molar-refractivity contribution in [3.05, 3.63) is 56.4 Å². The highest BCUT2D eigenvalue weighted by Crippen LogP contribution is 2.20. The largest absolute Gasteiger partial charge is 0.279 e. The van der Waals surface area contributed by atoms with Crippen LogP contribution in [-0.4, -0.2) is 17.8 Å². The second-order valence-corrected chi connectivity index (χ2v) is 8.64. The van der Waals surface area contributed by atoms with Gasteiger partial charge in [0.25, 0.3) is 15.6 Å². The van der Waals surface area contributed by atoms with E-state index >= 15 is 0 Å². The van der Waals surface area contributed by atoms with Crippen LogP contribution in [0.3, 0.4) is 0 Å². The number of aromatic nitrogens is 2. The van der Waals surface area contributed by atoms with Crippen LogP contribution in [0.2, 0.25) is 0 Å². The van der Waals surface area contributed by atoms with Crippen molar-refractivity contribution in [1.82, 2.24) is 9.38 Å². The van der Waals surface area contributed by atoms with E-state index in [4.69, 9.17) is 0 Å². The lowest BCUT2D eigenvalue weighted by Gasteiger charge is -2.11. The quantitative estimate of drug-likeness (QED) is 0.776. The Labute approximate surface area is 143 Å². The number of hydrogen-bond acceptors (Lipinski definition) is 5. The Morgan fingerprint density at radius 3 is 2.33 bits per heavy atom. The average molecular weight is 363 g/mol. The van der Waals surface area contributed by atoms with Crippen LogP contribution in [0, 0.1) is 27.7 Å². The number of thiazole rings is 1. The van der Waals surface area contributed by atoms with Gasteiger partial charge in [-0.3, -0.25) is 13.9 Å². The Hall–Kier alpha value is -2.19. The molecule has 0 aliphatic carbocycles. The Morgan fingerprint density at radius 1 is 1.08 bits per heavy atom. The van der Waals surface area contributed by atoms with Crippen LogP contribution in [0.5, 0.6) is 0 Å². The van der Waals surface area contributed by atoms with Crippen molar-refractivity contribution < 1.29 is 8.42 Å². The van der Waals surface area contributed by atoms with Gasteiger partial charge < -0.3 is 0 Å². The van der Waals surface area contributed by atoms with Gasteiger partial charge in [0.05, 0.1) is 5.69 Å². The Kier molecular flexibility index (Phi) is 3.97. The van der Waals surface area contributed by atoms with Gasteiger partial charge in [0.15, 0.2) is 9.86 Å². The van der Waals surface area contributed by atoms with Crippen LogP contribution >= 0.6 is 11.3 Å². The van der Waals surface area contributed by atoms with E-state index in [9.17, 15) is 13.2 Å². The van der Waals surface area contributed by atoms with Crippen molar-refractivity contribution in [1.29, 1.82) is 0 Å². The van der Waals surface area contributed by atoms with Gasteiger partial charge in [-0.15, -0.1) is 11.3 Å². The first-order chi connectivity index (χ1) is 11.2. The summed E-state index contributed by atoms with van der Waals surface area (Å²) in [6, 6.07) is 5.38. The molecule has 126 valence electrons. The molecule has 0 unspecified atom stereocenters. The van der Waals surface area contributed by atoms with Gasteiger partial charge in [-0.25, -0.2) is 13.4 Å². The summed E-state index contributed by atoms with van der Waals surface area (Å²) in [4.78, 5) is 18.0. The molecule has 0 saturated carbocycles. The lowest BCUT2D eigenvalue weighted by molar-refractivity contribution is 0.598. The average Bonchev–Trinajstić information content (AvgIpc) is 2.77. The summed E-state index contributed by atoms with van der Waals surface area (Å²) in [5.41, 5.74) is 1.90. The van der Waals surface area contributed by atoms with Crippen LogP contribution in [-0.2, 0) is 10.0 Å². The zero-order chi connectivity index (χ0) is 17.6. The maximum Gasteiger partial charge on any atom is 0.279 e. The van der Waals surface area contributed by atoms with Gasteiger partial charge >= 0.3 is 0 Å². The summed E-state index contributed by atoms with van der Waals surface area (Å²) in [6.45, 7) is 7.14. The third kappa shape index (κ3) is 2.94. The Balaban J connectivity index is 2.16. The molecule has 2 aromatic heterocycles. The summed E-state index contributed by atoms with van der Waals surface area (Å²) >= 11 is 1.34. The number of hydrogen-bond donors (Lipinski definition) is 1. The molecule has 0 atom stereocenters. The van der Waals surface area contributed by atoms with E-state index < -0.39 is 15.6 Å². The van der Waals surface area contributed by atoms with Crippen LogP contribution in [0.1, 0.15) is 21.7 Å². The molecular formula is C16H17N3O3S2. The molecule has 0 aliphatic heterocycles. The maximum absolute atomic E-state index is 12.8. The highest BCUT2D eigenvalue weighted by molar-refractivity contribution is 7.92. The van der Waals surface area contributed by atoms with Crippen LogP contribution in [0.25, 0.3) is 4.96 Å². The molecule has 6 nitrogen and oxygen atoms in total. The molecule has 2 heterocycles. The van der Waals surface area contributed by atoms with Crippen molar-refractivity contribution >= 4 is 32.0 Å². The lowest BCUT2D eigenvalue weighted by Crippen LogP contribution is -2.27. The standard InChI is InChI=1S/C16H17N3O3S2/c1-9-5-10(2)7-13(6-9)18-24(21,22)14-12(4)17-16-19(15(14)20)8-11(3)23-16/h5-8,18H,1-4H3. The van der Waals surface area contributed by atoms with Gasteiger partial charge in [-0.2, -0.15) is 0 Å². The molecule has 0 saturated heterocycles. The smallest absolute Gasteiger partial charge is 0.279 e. The van der Waals surface area contributed by atoms with Gasteiger partial charge in [0.1, 0.15) is 0 Å². The second kappa shape index (κ2) is 5.71. The fourth-order valence-electron chi connectivity index (χ4n) is 2.69. The number of aryl methyl sites for hydroxylation is 4. The number of fused-ring (bicyclic) bond motifs is 1. The molecule has 1 N–H and O–H groups in total. The number of sulfonamides is 1. The van der Waals surface area contributed by atoms with Crippen molar-refractivity contribution in [2.75, 3.05) is 4.72 Å². The SMILES string of the molecule is Cc1cc(C)cc(NS(=O)(=O)c2c(C)nc3sc(C)cn3c2=O)c1. The molecule has 0 radical (unpaired) electrons. The minimum atomic E-state index is -4.03. The van der Waals surface area contributed by atoms with E-state index in [1.54, 1.807) is 18.3 Å². The first kappa shape index (κ1) is 16.7. The van der Waals surface area contributed by atoms with Crippen molar-refractivity contribution in [2.24, 2.45) is 0 Å². The van der Waals surface area contributed by atoms with Crippen LogP contribution in [0.15, 0.2) is 34.1 Å². The molecule has 3 aromatic rings. The number of nitrogens with one attached hydrogen (secondary N) is 1. The van der Waals surface area contributed by atoms with E-state index in [-0.39, 0.29) is 10.6 Å². The predicted molar refractivity (Wildman–Crippen MR) is 95.5 cm³/mol. The van der Waals surface area contributed by atoms with Crippen molar-refractivity contribution in [3.8, 4) is 0 Å². The Bertz CT molecular complexity index is 1090. The first-order valence-corrected chi connectivity index (χ1v) is 9.58. The topological polar surface area (TPSA) is 80.5 Å². The van der Waals surface area contributed by atoms with E-state index in [0.717, 1.165) is 16.0 Å². The van der Waals surface area contributed by atoms with E-state index in [1.165, 1.54) is 22.7 Å². The molecule has 0 aliphatic rings. The third-order valence-corrected chi connectivity index (χ3v) is 5.93. The molecule has 0 spiro atoms. The molecule has 3 rings (SSSR count). The summed E-state index contributed by atoms with van der Waals surface area (Å²) in [6.07, 6.45) is 1.60. The lowest BCUT2D eigenvalue weighted by atomic mass is 10.1. The predicted octanol–water partition coefficient (Wildman–Crippen LogP) is 2.79. The van der Waals surface area contributed by atoms with Crippen molar-refractivity contribution in [2.45, 2.75) is 32.6 Å². The van der Waals surface area contributed by atoms with Crippen molar-refractivity contribution in [3.63, 3.8) is 0 Å². The zero-order valence-electron chi connectivity index (χ0n) is 13.7.